The van der Waals surface area contributed by atoms with E-state index in [4.69, 9.17) is 0 Å². The van der Waals surface area contributed by atoms with Crippen molar-refractivity contribution < 1.29 is 0 Å². The van der Waals surface area contributed by atoms with E-state index in [9.17, 15) is 0 Å². The first-order chi connectivity index (χ1) is 47.7. The normalized spacial score (nSPS) is 13.2. The zero-order chi connectivity index (χ0) is 62.7. The zero-order valence-corrected chi connectivity index (χ0v) is 53.0. The third kappa shape index (κ3) is 7.43. The number of nitrogens with zero attached hydrogens (tertiary/aromatic N) is 3. The Kier molecular flexibility index (Phi) is 11.4. The van der Waals surface area contributed by atoms with Crippen LogP contribution in [0.1, 0.15) is 22.3 Å². The van der Waals surface area contributed by atoms with Gasteiger partial charge in [0.2, 0.25) is 0 Å². The third-order valence-corrected chi connectivity index (χ3v) is 22.6. The molecule has 2 aliphatic heterocycles. The monoisotopic (exact) mass is 1230 g/mol. The molecule has 3 aromatic heterocycles. The summed E-state index contributed by atoms with van der Waals surface area (Å²) < 4.78 is 7.85. The molecule has 0 spiro atoms. The molecule has 3 aliphatic rings. The summed E-state index contributed by atoms with van der Waals surface area (Å²) in [6.45, 7) is -0.208. The molecule has 3 nitrogen and oxygen atoms in total. The van der Waals surface area contributed by atoms with Gasteiger partial charge in [0.25, 0.3) is 6.71 Å². The van der Waals surface area contributed by atoms with Gasteiger partial charge >= 0.3 is 0 Å². The van der Waals surface area contributed by atoms with Crippen LogP contribution in [0.15, 0.2) is 340 Å². The maximum absolute atomic E-state index is 2.72. The Bertz CT molecular complexity index is 6150. The molecule has 0 radical (unpaired) electrons. The molecule has 96 heavy (non-hydrogen) atoms. The molecule has 0 atom stereocenters. The van der Waals surface area contributed by atoms with Crippen molar-refractivity contribution in [2.75, 3.05) is 4.90 Å². The van der Waals surface area contributed by atoms with Gasteiger partial charge in [-0.25, -0.2) is 0 Å². The van der Waals surface area contributed by atoms with E-state index in [0.717, 1.165) is 56.1 Å². The van der Waals surface area contributed by atoms with Crippen LogP contribution in [-0.2, 0) is 5.41 Å². The molecule has 444 valence electrons. The Morgan fingerprint density at radius 2 is 0.844 bits per heavy atom. The second kappa shape index (κ2) is 20.5. The van der Waals surface area contributed by atoms with Gasteiger partial charge in [-0.2, -0.15) is 0 Å². The van der Waals surface area contributed by atoms with Crippen LogP contribution in [0.25, 0.3) is 131 Å². The topological polar surface area (TPSA) is 13.1 Å². The highest BCUT2D eigenvalue weighted by molar-refractivity contribution is 7.28. The molecule has 15 aromatic carbocycles. The molecule has 0 fully saturated rings. The summed E-state index contributed by atoms with van der Waals surface area (Å²) in [5.74, 6) is 0. The summed E-state index contributed by atoms with van der Waals surface area (Å²) in [4.78, 5) is 2.72. The van der Waals surface area contributed by atoms with Gasteiger partial charge in [0, 0.05) is 75.6 Å². The van der Waals surface area contributed by atoms with Crippen LogP contribution >= 0.6 is 11.3 Å². The summed E-state index contributed by atoms with van der Waals surface area (Å²) in [6, 6.07) is 128. The summed E-state index contributed by atoms with van der Waals surface area (Å²) in [5.41, 5.74) is 30.8. The minimum absolute atomic E-state index is 0.208. The average Bonchev–Trinajstić information content (AvgIpc) is 1.27. The van der Waals surface area contributed by atoms with E-state index in [1.807, 2.05) is 11.3 Å². The van der Waals surface area contributed by atoms with E-state index in [1.54, 1.807) is 0 Å². The van der Waals surface area contributed by atoms with E-state index in [2.05, 4.69) is 354 Å². The number of benzene rings is 15. The largest absolute Gasteiger partial charge is 0.310 e. The molecule has 21 rings (SSSR count). The standard InChI is InChI=1S/C91H56BN3S/c1-7-26-57(27-8-1)61-47-49-71-73-55-82-78(56-81(73)93(80(71)51-61)65-36-17-6-18-37-65)92-86-83(94-79-44-23-20-39-70(79)74-54-75-72-40-21-24-45-85(72)96-90(75)87(92)89(74)94)52-62(53-84(86)95(82)88-66(58-28-9-2-10-29-58)41-25-42-67(88)59-30-11-3-12-31-59)60-46-48-69-68-38-19-22-43-76(68)91(77(69)50-60,63-32-13-4-14-33-63)64-34-15-5-16-35-64/h1-56H. The minimum atomic E-state index is -0.592. The molecule has 0 bridgehead atoms. The fraction of sp³-hybridized carbons (Fsp3) is 0.0110. The number of fused-ring (bicyclic) bond motifs is 17. The fourth-order valence-electron chi connectivity index (χ4n) is 17.4. The maximum atomic E-state index is 2.72. The van der Waals surface area contributed by atoms with Crippen molar-refractivity contribution in [2.24, 2.45) is 0 Å². The van der Waals surface area contributed by atoms with Crippen LogP contribution in [0, 0.1) is 0 Å². The predicted molar refractivity (Wildman–Crippen MR) is 406 cm³/mol. The van der Waals surface area contributed by atoms with E-state index in [1.165, 1.54) is 130 Å². The minimum Gasteiger partial charge on any atom is -0.310 e. The van der Waals surface area contributed by atoms with Gasteiger partial charge in [0.05, 0.1) is 33.2 Å². The van der Waals surface area contributed by atoms with Gasteiger partial charge in [-0.3, -0.25) is 0 Å². The molecule has 18 aromatic rings. The third-order valence-electron chi connectivity index (χ3n) is 21.3. The van der Waals surface area contributed by atoms with Crippen LogP contribution in [0.5, 0.6) is 0 Å². The van der Waals surface area contributed by atoms with E-state index in [0.29, 0.717) is 0 Å². The van der Waals surface area contributed by atoms with Gasteiger partial charge < -0.3 is 14.0 Å². The maximum Gasteiger partial charge on any atom is 0.254 e. The lowest BCUT2D eigenvalue weighted by molar-refractivity contribution is 0.769. The molecule has 0 saturated heterocycles. The first-order valence-electron chi connectivity index (χ1n) is 33.3. The number of thiophene rings is 1. The van der Waals surface area contributed by atoms with Gasteiger partial charge in [0.1, 0.15) is 0 Å². The molecule has 0 saturated carbocycles. The molecule has 1 aliphatic carbocycles. The highest BCUT2D eigenvalue weighted by atomic mass is 32.1. The highest BCUT2D eigenvalue weighted by Gasteiger charge is 2.48. The fourth-order valence-corrected chi connectivity index (χ4v) is 18.7. The SMILES string of the molecule is c1ccc(-c2ccc3c4cc5c(cc4n(-c4ccccc4)c3c2)B2c3c(cc(-c4ccc6c(c4)C(c4ccccc4)(c4ccccc4)c4ccccc4-6)cc3-n3c4ccccc4c4cc6c(sc7ccccc76)c2c43)N5c2c(-c3ccccc3)cccc2-c2ccccc2)cc1. The van der Waals surface area contributed by atoms with Crippen LogP contribution in [0.2, 0.25) is 0 Å². The van der Waals surface area contributed by atoms with Gasteiger partial charge in [0.15, 0.2) is 0 Å². The number of aromatic nitrogens is 2. The molecular weight excluding hydrogens is 1180 g/mol. The Morgan fingerprint density at radius 3 is 1.56 bits per heavy atom. The second-order valence-electron chi connectivity index (χ2n) is 26.1. The number of hydrogen-bond donors (Lipinski definition) is 0. The Balaban J connectivity index is 0.951. The number of rotatable bonds is 8. The van der Waals surface area contributed by atoms with Crippen LogP contribution in [0.3, 0.4) is 0 Å². The summed E-state index contributed by atoms with van der Waals surface area (Å²) >= 11 is 1.95. The van der Waals surface area contributed by atoms with Crippen molar-refractivity contribution in [3.63, 3.8) is 0 Å². The molecular formula is C91H56BN3S. The lowest BCUT2D eigenvalue weighted by atomic mass is 9.33. The van der Waals surface area contributed by atoms with E-state index >= 15 is 0 Å². The first kappa shape index (κ1) is 53.5. The van der Waals surface area contributed by atoms with Crippen molar-refractivity contribution in [2.45, 2.75) is 5.41 Å². The lowest BCUT2D eigenvalue weighted by Gasteiger charge is -2.42. The summed E-state index contributed by atoms with van der Waals surface area (Å²) in [6.07, 6.45) is 0. The summed E-state index contributed by atoms with van der Waals surface area (Å²) in [5, 5.41) is 7.53. The van der Waals surface area contributed by atoms with Gasteiger partial charge in [-0.1, -0.05) is 273 Å². The van der Waals surface area contributed by atoms with Crippen molar-refractivity contribution in [1.29, 1.82) is 0 Å². The van der Waals surface area contributed by atoms with Crippen molar-refractivity contribution in [3.8, 4) is 67.0 Å². The number of hydrogen-bond acceptors (Lipinski definition) is 2. The molecule has 5 heteroatoms. The quantitative estimate of drug-likeness (QED) is 0.138. The van der Waals surface area contributed by atoms with E-state index in [-0.39, 0.29) is 6.71 Å². The Labute approximate surface area is 560 Å². The van der Waals surface area contributed by atoms with Crippen molar-refractivity contribution in [1.82, 2.24) is 9.13 Å². The molecule has 0 unspecified atom stereocenters. The average molecular weight is 1230 g/mol. The van der Waals surface area contributed by atoms with E-state index < -0.39 is 5.41 Å². The summed E-state index contributed by atoms with van der Waals surface area (Å²) in [7, 11) is 0. The van der Waals surface area contributed by atoms with Gasteiger partial charge in [-0.15, -0.1) is 11.3 Å². The Morgan fingerprint density at radius 1 is 0.292 bits per heavy atom. The Hall–Kier alpha value is -12.0. The molecule has 0 amide bonds. The van der Waals surface area contributed by atoms with Gasteiger partial charge in [-0.05, 0) is 150 Å². The number of anilines is 3. The second-order valence-corrected chi connectivity index (χ2v) is 27.2. The van der Waals surface area contributed by atoms with Crippen LogP contribution in [-0.4, -0.2) is 15.8 Å². The smallest absolute Gasteiger partial charge is 0.254 e. The molecule has 5 heterocycles. The number of para-hydroxylation sites is 3. The first-order valence-corrected chi connectivity index (χ1v) is 34.2. The zero-order valence-electron chi connectivity index (χ0n) is 52.2. The lowest BCUT2D eigenvalue weighted by Crippen LogP contribution is -2.60. The molecule has 0 N–H and O–H groups in total. The van der Waals surface area contributed by atoms with Crippen LogP contribution < -0.4 is 21.3 Å². The highest BCUT2D eigenvalue weighted by Crippen LogP contribution is 2.58. The van der Waals surface area contributed by atoms with Crippen molar-refractivity contribution >= 4 is 115 Å². The predicted octanol–water partition coefficient (Wildman–Crippen LogP) is 21.9. The van der Waals surface area contributed by atoms with Crippen LogP contribution in [0.4, 0.5) is 17.1 Å². The van der Waals surface area contributed by atoms with Crippen molar-refractivity contribution in [3.05, 3.63) is 362 Å².